The first-order valence-corrected chi connectivity index (χ1v) is 3.61. The molecule has 3 N–H and O–H groups in total. The van der Waals surface area contributed by atoms with Gasteiger partial charge in [0.25, 0.3) is 0 Å². The standard InChI is InChI=1S/C3H3N3O3.3C2H4/c7-1-4-2(8)6-3(9)5-1;3*1-2/h(H3,4,5,6,7,8,9);3*1-2H2. The molecule has 0 radical (unpaired) electrons. The first-order chi connectivity index (χ1) is 7.18. The Kier molecular flexibility index (Phi) is 17.4. The highest BCUT2D eigenvalue weighted by atomic mass is 16.2. The van der Waals surface area contributed by atoms with E-state index in [1.54, 1.807) is 15.0 Å². The van der Waals surface area contributed by atoms with Crippen LogP contribution in [0, 0.1) is 0 Å². The molecule has 0 spiro atoms. The van der Waals surface area contributed by atoms with Crippen LogP contribution in [0.25, 0.3) is 0 Å². The molecule has 0 saturated heterocycles. The van der Waals surface area contributed by atoms with Crippen LogP contribution in [0.1, 0.15) is 0 Å². The average molecular weight is 213 g/mol. The van der Waals surface area contributed by atoms with Crippen molar-refractivity contribution in [1.29, 1.82) is 0 Å². The molecule has 0 saturated carbocycles. The van der Waals surface area contributed by atoms with Crippen LogP contribution in [0.15, 0.2) is 53.9 Å². The molecule has 1 rings (SSSR count). The van der Waals surface area contributed by atoms with Crippen LogP contribution in [0.2, 0.25) is 0 Å². The second-order valence-electron chi connectivity index (χ2n) is 1.36. The summed E-state index contributed by atoms with van der Waals surface area (Å²) in [6, 6.07) is 0. The molecule has 1 heterocycles. The first-order valence-electron chi connectivity index (χ1n) is 3.61. The Balaban J connectivity index is -0.000000208. The van der Waals surface area contributed by atoms with E-state index in [2.05, 4.69) is 39.5 Å². The van der Waals surface area contributed by atoms with Gasteiger partial charge in [0.1, 0.15) is 0 Å². The largest absolute Gasteiger partial charge is 0.330 e. The van der Waals surface area contributed by atoms with Crippen molar-refractivity contribution >= 4 is 0 Å². The summed E-state index contributed by atoms with van der Waals surface area (Å²) in [6.45, 7) is 18.0. The van der Waals surface area contributed by atoms with Gasteiger partial charge in [0.05, 0.1) is 0 Å². The van der Waals surface area contributed by atoms with E-state index in [0.29, 0.717) is 0 Å². The van der Waals surface area contributed by atoms with Crippen molar-refractivity contribution < 1.29 is 0 Å². The zero-order valence-corrected chi connectivity index (χ0v) is 8.47. The summed E-state index contributed by atoms with van der Waals surface area (Å²) in [4.78, 5) is 35.9. The van der Waals surface area contributed by atoms with Crippen molar-refractivity contribution in [3.63, 3.8) is 0 Å². The number of rotatable bonds is 0. The highest BCUT2D eigenvalue weighted by Gasteiger charge is 1.84. The highest BCUT2D eigenvalue weighted by molar-refractivity contribution is 4.60. The predicted molar refractivity (Wildman–Crippen MR) is 62.1 cm³/mol. The maximum Gasteiger partial charge on any atom is 0.330 e. The molecule has 0 aliphatic rings. The molecule has 0 aliphatic carbocycles. The minimum atomic E-state index is -0.802. The maximum absolute atomic E-state index is 10.2. The van der Waals surface area contributed by atoms with Crippen molar-refractivity contribution in [1.82, 2.24) is 15.0 Å². The second kappa shape index (κ2) is 14.2. The second-order valence-corrected chi connectivity index (χ2v) is 1.36. The highest BCUT2D eigenvalue weighted by Crippen LogP contribution is 1.29. The van der Waals surface area contributed by atoms with Crippen molar-refractivity contribution in [2.45, 2.75) is 0 Å². The van der Waals surface area contributed by atoms with Gasteiger partial charge < -0.3 is 0 Å². The number of aromatic nitrogens is 3. The van der Waals surface area contributed by atoms with Gasteiger partial charge in [0.15, 0.2) is 0 Å². The van der Waals surface area contributed by atoms with E-state index in [9.17, 15) is 14.4 Å². The van der Waals surface area contributed by atoms with E-state index in [4.69, 9.17) is 0 Å². The number of hydrogen-bond donors (Lipinski definition) is 3. The van der Waals surface area contributed by atoms with Crippen LogP contribution in [0.3, 0.4) is 0 Å². The Bertz CT molecular complexity index is 319. The third-order valence-electron chi connectivity index (χ3n) is 0.681. The minimum absolute atomic E-state index is 0.802. The molecule has 1 aromatic rings. The zero-order valence-electron chi connectivity index (χ0n) is 8.47. The fraction of sp³-hybridized carbons (Fsp3) is 0. The lowest BCUT2D eigenvalue weighted by Gasteiger charge is -1.77. The first kappa shape index (κ1) is 18.4. The molecule has 1 aromatic heterocycles. The van der Waals surface area contributed by atoms with Gasteiger partial charge in [0.2, 0.25) is 0 Å². The van der Waals surface area contributed by atoms with E-state index in [-0.39, 0.29) is 0 Å². The Hall–Kier alpha value is -2.37. The Morgan fingerprint density at radius 1 is 0.533 bits per heavy atom. The van der Waals surface area contributed by atoms with Gasteiger partial charge in [-0.05, 0) is 0 Å². The summed E-state index contributed by atoms with van der Waals surface area (Å²) in [5.74, 6) is 0. The molecule has 0 bridgehead atoms. The summed E-state index contributed by atoms with van der Waals surface area (Å²) in [7, 11) is 0. The molecule has 84 valence electrons. The summed E-state index contributed by atoms with van der Waals surface area (Å²) in [5.41, 5.74) is -2.41. The van der Waals surface area contributed by atoms with Gasteiger partial charge in [-0.15, -0.1) is 39.5 Å². The summed E-state index contributed by atoms with van der Waals surface area (Å²) in [5, 5.41) is 0. The lowest BCUT2D eigenvalue weighted by atomic mass is 11.0. The van der Waals surface area contributed by atoms with E-state index in [1.807, 2.05) is 0 Å². The van der Waals surface area contributed by atoms with E-state index in [0.717, 1.165) is 0 Å². The molecule has 15 heavy (non-hydrogen) atoms. The van der Waals surface area contributed by atoms with E-state index < -0.39 is 17.1 Å². The van der Waals surface area contributed by atoms with Crippen molar-refractivity contribution in [2.24, 2.45) is 0 Å². The normalized spacial score (nSPS) is 6.40. The molecular weight excluding hydrogens is 198 g/mol. The topological polar surface area (TPSA) is 98.6 Å². The Labute approximate surface area is 86.7 Å². The van der Waals surface area contributed by atoms with E-state index in [1.165, 1.54) is 0 Å². The Morgan fingerprint density at radius 3 is 0.800 bits per heavy atom. The van der Waals surface area contributed by atoms with Gasteiger partial charge in [-0.2, -0.15) is 0 Å². The van der Waals surface area contributed by atoms with Crippen molar-refractivity contribution in [3.8, 4) is 0 Å². The minimum Gasteiger partial charge on any atom is -0.259 e. The fourth-order valence-corrected chi connectivity index (χ4v) is 0.403. The van der Waals surface area contributed by atoms with Crippen LogP contribution in [-0.4, -0.2) is 15.0 Å². The smallest absolute Gasteiger partial charge is 0.259 e. The number of nitrogens with one attached hydrogen (secondary N) is 3. The van der Waals surface area contributed by atoms with Gasteiger partial charge in [-0.25, -0.2) is 14.4 Å². The van der Waals surface area contributed by atoms with Crippen LogP contribution in [0.5, 0.6) is 0 Å². The lowest BCUT2D eigenvalue weighted by Crippen LogP contribution is -2.34. The quantitative estimate of drug-likeness (QED) is 0.535. The summed E-state index contributed by atoms with van der Waals surface area (Å²) in [6.07, 6.45) is 0. The van der Waals surface area contributed by atoms with Crippen LogP contribution in [-0.2, 0) is 0 Å². The van der Waals surface area contributed by atoms with Gasteiger partial charge in [0, 0.05) is 0 Å². The molecule has 0 aliphatic heterocycles. The lowest BCUT2D eigenvalue weighted by molar-refractivity contribution is 0.888. The molecule has 0 amide bonds. The molecule has 6 heteroatoms. The summed E-state index contributed by atoms with van der Waals surface area (Å²) < 4.78 is 0. The molecular formula is C9H15N3O3. The van der Waals surface area contributed by atoms with Gasteiger partial charge in [-0.3, -0.25) is 15.0 Å². The van der Waals surface area contributed by atoms with Crippen LogP contribution < -0.4 is 17.1 Å². The molecule has 6 nitrogen and oxygen atoms in total. The molecule has 0 aromatic carbocycles. The summed E-state index contributed by atoms with van der Waals surface area (Å²) >= 11 is 0. The molecule has 0 unspecified atom stereocenters. The van der Waals surface area contributed by atoms with Crippen molar-refractivity contribution in [2.75, 3.05) is 0 Å². The monoisotopic (exact) mass is 213 g/mol. The average Bonchev–Trinajstić information content (AvgIpc) is 2.24. The molecule has 0 atom stereocenters. The third kappa shape index (κ3) is 11.6. The maximum atomic E-state index is 10.2. The predicted octanol–water partition coefficient (Wildman–Crippen LogP) is 0.158. The van der Waals surface area contributed by atoms with Crippen molar-refractivity contribution in [3.05, 3.63) is 70.9 Å². The molecule has 0 fully saturated rings. The van der Waals surface area contributed by atoms with Crippen LogP contribution >= 0.6 is 0 Å². The van der Waals surface area contributed by atoms with Gasteiger partial charge in [-0.1, -0.05) is 0 Å². The number of H-pyrrole nitrogens is 3. The Morgan fingerprint density at radius 2 is 0.667 bits per heavy atom. The van der Waals surface area contributed by atoms with Crippen LogP contribution in [0.4, 0.5) is 0 Å². The van der Waals surface area contributed by atoms with E-state index >= 15 is 0 Å². The third-order valence-corrected chi connectivity index (χ3v) is 0.681. The van der Waals surface area contributed by atoms with Gasteiger partial charge >= 0.3 is 17.1 Å². The number of aromatic amines is 3. The number of hydrogen-bond acceptors (Lipinski definition) is 3. The zero-order chi connectivity index (χ0) is 12.9. The SMILES string of the molecule is C=C.C=C.C=C.O=c1[nH]c(=O)[nH]c(=O)[nH]1. The fourth-order valence-electron chi connectivity index (χ4n) is 0.403.